The van der Waals surface area contributed by atoms with E-state index in [2.05, 4.69) is 56.1 Å². The minimum atomic E-state index is 0.269. The van der Waals surface area contributed by atoms with Gasteiger partial charge in [0.25, 0.3) is 0 Å². The van der Waals surface area contributed by atoms with Crippen LogP contribution in [0.3, 0.4) is 0 Å². The molecule has 110 valence electrons. The SMILES string of the molecule is NCC(c1ccc(Br)cc1)N1CCCC1c1cccnc1. The summed E-state index contributed by atoms with van der Waals surface area (Å²) in [6.45, 7) is 1.73. The molecule has 1 aliphatic rings. The topological polar surface area (TPSA) is 42.1 Å². The Hall–Kier alpha value is -1.23. The predicted octanol–water partition coefficient (Wildman–Crippen LogP) is 3.68. The minimum Gasteiger partial charge on any atom is -0.329 e. The Morgan fingerprint density at radius 3 is 2.76 bits per heavy atom. The van der Waals surface area contributed by atoms with E-state index >= 15 is 0 Å². The highest BCUT2D eigenvalue weighted by atomic mass is 79.9. The van der Waals surface area contributed by atoms with E-state index in [0.29, 0.717) is 12.6 Å². The lowest BCUT2D eigenvalue weighted by Crippen LogP contribution is -2.33. The normalized spacial score (nSPS) is 20.6. The van der Waals surface area contributed by atoms with Gasteiger partial charge in [0, 0.05) is 35.5 Å². The number of nitrogens with zero attached hydrogens (tertiary/aromatic N) is 2. The van der Waals surface area contributed by atoms with E-state index in [1.165, 1.54) is 24.0 Å². The van der Waals surface area contributed by atoms with Crippen molar-refractivity contribution in [2.75, 3.05) is 13.1 Å². The molecule has 0 spiro atoms. The number of likely N-dealkylation sites (tertiary alicyclic amines) is 1. The largest absolute Gasteiger partial charge is 0.329 e. The number of pyridine rings is 1. The van der Waals surface area contributed by atoms with Crippen molar-refractivity contribution < 1.29 is 0 Å². The summed E-state index contributed by atoms with van der Waals surface area (Å²) in [5.41, 5.74) is 8.68. The number of nitrogens with two attached hydrogens (primary N) is 1. The van der Waals surface area contributed by atoms with Gasteiger partial charge in [-0.25, -0.2) is 0 Å². The zero-order chi connectivity index (χ0) is 14.7. The van der Waals surface area contributed by atoms with Crippen LogP contribution >= 0.6 is 15.9 Å². The lowest BCUT2D eigenvalue weighted by Gasteiger charge is -2.33. The van der Waals surface area contributed by atoms with E-state index in [4.69, 9.17) is 5.73 Å². The number of aromatic nitrogens is 1. The molecule has 1 aromatic heterocycles. The van der Waals surface area contributed by atoms with Crippen molar-refractivity contribution in [1.82, 2.24) is 9.88 Å². The first-order valence-electron chi connectivity index (χ1n) is 7.41. The second-order valence-electron chi connectivity index (χ2n) is 5.49. The van der Waals surface area contributed by atoms with E-state index in [1.54, 1.807) is 0 Å². The van der Waals surface area contributed by atoms with Crippen LogP contribution in [-0.2, 0) is 0 Å². The molecule has 0 saturated carbocycles. The van der Waals surface area contributed by atoms with Gasteiger partial charge >= 0.3 is 0 Å². The van der Waals surface area contributed by atoms with Gasteiger partial charge < -0.3 is 5.73 Å². The van der Waals surface area contributed by atoms with Gasteiger partial charge in [0.15, 0.2) is 0 Å². The van der Waals surface area contributed by atoms with Crippen LogP contribution in [0.2, 0.25) is 0 Å². The van der Waals surface area contributed by atoms with Gasteiger partial charge in [0.2, 0.25) is 0 Å². The first kappa shape index (κ1) is 14.7. The molecular formula is C17H20BrN3. The van der Waals surface area contributed by atoms with Crippen molar-refractivity contribution in [2.24, 2.45) is 5.73 Å². The third-order valence-electron chi connectivity index (χ3n) is 4.24. The van der Waals surface area contributed by atoms with Crippen LogP contribution in [0, 0.1) is 0 Å². The summed E-state index contributed by atoms with van der Waals surface area (Å²) < 4.78 is 1.10. The highest BCUT2D eigenvalue weighted by Gasteiger charge is 2.31. The van der Waals surface area contributed by atoms with Crippen LogP contribution in [-0.4, -0.2) is 23.0 Å². The average Bonchev–Trinajstić information content (AvgIpc) is 3.00. The number of benzene rings is 1. The van der Waals surface area contributed by atoms with Crippen LogP contribution in [0.1, 0.15) is 36.1 Å². The Labute approximate surface area is 134 Å². The van der Waals surface area contributed by atoms with Crippen molar-refractivity contribution in [3.8, 4) is 0 Å². The molecular weight excluding hydrogens is 326 g/mol. The third-order valence-corrected chi connectivity index (χ3v) is 4.77. The van der Waals surface area contributed by atoms with Gasteiger partial charge in [-0.15, -0.1) is 0 Å². The second kappa shape index (κ2) is 6.69. The van der Waals surface area contributed by atoms with Crippen molar-refractivity contribution >= 4 is 15.9 Å². The zero-order valence-electron chi connectivity index (χ0n) is 12.0. The molecule has 0 amide bonds. The summed E-state index contributed by atoms with van der Waals surface area (Å²) in [5, 5.41) is 0. The quantitative estimate of drug-likeness (QED) is 0.918. The molecule has 2 atom stereocenters. The van der Waals surface area contributed by atoms with Crippen molar-refractivity contribution in [1.29, 1.82) is 0 Å². The van der Waals surface area contributed by atoms with Crippen molar-refractivity contribution in [2.45, 2.75) is 24.9 Å². The molecule has 2 heterocycles. The summed E-state index contributed by atoms with van der Waals surface area (Å²) in [6, 6.07) is 13.4. The zero-order valence-corrected chi connectivity index (χ0v) is 13.5. The summed E-state index contributed by atoms with van der Waals surface area (Å²) in [5.74, 6) is 0. The fourth-order valence-electron chi connectivity index (χ4n) is 3.24. The van der Waals surface area contributed by atoms with Crippen LogP contribution in [0.5, 0.6) is 0 Å². The van der Waals surface area contributed by atoms with Crippen LogP contribution in [0.4, 0.5) is 0 Å². The molecule has 0 aliphatic carbocycles. The molecule has 21 heavy (non-hydrogen) atoms. The molecule has 1 fully saturated rings. The molecule has 1 aromatic carbocycles. The number of hydrogen-bond donors (Lipinski definition) is 1. The summed E-state index contributed by atoms with van der Waals surface area (Å²) in [7, 11) is 0. The molecule has 1 saturated heterocycles. The third kappa shape index (κ3) is 3.18. The monoisotopic (exact) mass is 345 g/mol. The molecule has 2 aromatic rings. The predicted molar refractivity (Wildman–Crippen MR) is 88.9 cm³/mol. The molecule has 0 bridgehead atoms. The fourth-order valence-corrected chi connectivity index (χ4v) is 3.51. The maximum atomic E-state index is 6.09. The van der Waals surface area contributed by atoms with Gasteiger partial charge in [-0.05, 0) is 48.7 Å². The molecule has 2 unspecified atom stereocenters. The highest BCUT2D eigenvalue weighted by Crippen LogP contribution is 2.38. The molecule has 4 heteroatoms. The Morgan fingerprint density at radius 2 is 2.10 bits per heavy atom. The minimum absolute atomic E-state index is 0.269. The van der Waals surface area contributed by atoms with E-state index in [1.807, 2.05) is 18.5 Å². The van der Waals surface area contributed by atoms with Gasteiger partial charge in [0.05, 0.1) is 0 Å². The molecule has 1 aliphatic heterocycles. The second-order valence-corrected chi connectivity index (χ2v) is 6.40. The fraction of sp³-hybridized carbons (Fsp3) is 0.353. The molecule has 3 rings (SSSR count). The number of hydrogen-bond acceptors (Lipinski definition) is 3. The molecule has 0 radical (unpaired) electrons. The van der Waals surface area contributed by atoms with Gasteiger partial charge in [-0.1, -0.05) is 34.1 Å². The van der Waals surface area contributed by atoms with Gasteiger partial charge in [0.1, 0.15) is 0 Å². The maximum absolute atomic E-state index is 6.09. The number of halogens is 1. The lowest BCUT2D eigenvalue weighted by molar-refractivity contribution is 0.185. The average molecular weight is 346 g/mol. The first-order valence-corrected chi connectivity index (χ1v) is 8.20. The van der Waals surface area contributed by atoms with Crippen molar-refractivity contribution in [3.05, 3.63) is 64.4 Å². The standard InChI is InChI=1S/C17H20BrN3/c18-15-7-5-13(6-8-15)17(11-19)21-10-2-4-16(21)14-3-1-9-20-12-14/h1,3,5-9,12,16-17H,2,4,10-11,19H2. The van der Waals surface area contributed by atoms with E-state index in [9.17, 15) is 0 Å². The first-order chi connectivity index (χ1) is 10.3. The van der Waals surface area contributed by atoms with Gasteiger partial charge in [-0.3, -0.25) is 9.88 Å². The summed E-state index contributed by atoms with van der Waals surface area (Å²) in [6.07, 6.45) is 6.21. The molecule has 3 nitrogen and oxygen atoms in total. The Balaban J connectivity index is 1.87. The lowest BCUT2D eigenvalue weighted by atomic mass is 10.0. The van der Waals surface area contributed by atoms with Crippen molar-refractivity contribution in [3.63, 3.8) is 0 Å². The van der Waals surface area contributed by atoms with E-state index < -0.39 is 0 Å². The summed E-state index contributed by atoms with van der Waals surface area (Å²) >= 11 is 3.50. The van der Waals surface area contributed by atoms with Crippen LogP contribution < -0.4 is 5.73 Å². The Morgan fingerprint density at radius 1 is 1.29 bits per heavy atom. The molecule has 2 N–H and O–H groups in total. The summed E-state index contributed by atoms with van der Waals surface area (Å²) in [4.78, 5) is 6.80. The highest BCUT2D eigenvalue weighted by molar-refractivity contribution is 9.10. The Bertz CT molecular complexity index is 570. The van der Waals surface area contributed by atoms with E-state index in [0.717, 1.165) is 11.0 Å². The van der Waals surface area contributed by atoms with Crippen LogP contribution in [0.15, 0.2) is 53.3 Å². The van der Waals surface area contributed by atoms with Crippen LogP contribution in [0.25, 0.3) is 0 Å². The maximum Gasteiger partial charge on any atom is 0.0476 e. The van der Waals surface area contributed by atoms with Gasteiger partial charge in [-0.2, -0.15) is 0 Å². The van der Waals surface area contributed by atoms with E-state index in [-0.39, 0.29) is 6.04 Å². The smallest absolute Gasteiger partial charge is 0.0476 e. The Kier molecular flexibility index (Phi) is 4.68. The number of rotatable bonds is 4.